The van der Waals surface area contributed by atoms with E-state index < -0.39 is 25.4 Å². The maximum atomic E-state index is 8.66. The summed E-state index contributed by atoms with van der Waals surface area (Å²) in [6.07, 6.45) is 0. The predicted octanol–water partition coefficient (Wildman–Crippen LogP) is 5.49. The third-order valence-electron chi connectivity index (χ3n) is 2.60. The van der Waals surface area contributed by atoms with Crippen molar-refractivity contribution in [3.05, 3.63) is 60.7 Å². The minimum atomic E-state index is -1.61. The molecule has 0 aliphatic rings. The molecule has 0 saturated carbocycles. The molecule has 7 heteroatoms. The third kappa shape index (κ3) is 43.3. The van der Waals surface area contributed by atoms with Crippen LogP contribution in [0.15, 0.2) is 60.7 Å². The van der Waals surface area contributed by atoms with E-state index in [0.717, 1.165) is 0 Å². The highest BCUT2D eigenvalue weighted by Crippen LogP contribution is 1.92. The molecule has 0 radical (unpaired) electrons. The van der Waals surface area contributed by atoms with Gasteiger partial charge in [-0.3, -0.25) is 0 Å². The van der Waals surface area contributed by atoms with Gasteiger partial charge in [0, 0.05) is 17.6 Å². The van der Waals surface area contributed by atoms with Gasteiger partial charge in [-0.15, -0.1) is 0 Å². The zero-order chi connectivity index (χ0) is 26.0. The fourth-order valence-corrected chi connectivity index (χ4v) is 3.66. The largest absolute Gasteiger partial charge is 0.433 e. The summed E-state index contributed by atoms with van der Waals surface area (Å²) in [7, 11) is -4.42. The van der Waals surface area contributed by atoms with Crippen LogP contribution in [-0.2, 0) is 0 Å². The van der Waals surface area contributed by atoms with Crippen LogP contribution >= 0.6 is 0 Å². The zero-order valence-corrected chi connectivity index (χ0v) is 28.9. The van der Waals surface area contributed by atoms with Gasteiger partial charge in [0.05, 0.1) is 8.80 Å². The van der Waals surface area contributed by atoms with Crippen LogP contribution in [0.1, 0.15) is 0 Å². The molecule has 2 nitrogen and oxygen atoms in total. The highest BCUT2D eigenvalue weighted by molar-refractivity contribution is 6.84. The quantitative estimate of drug-likeness (QED) is 0.508. The summed E-state index contributed by atoms with van der Waals surface area (Å²) >= 11 is 0. The van der Waals surface area contributed by atoms with E-state index in [2.05, 4.69) is 106 Å². The van der Waals surface area contributed by atoms with Crippen molar-refractivity contribution in [2.45, 2.75) is 85.1 Å². The van der Waals surface area contributed by atoms with Crippen LogP contribution < -0.4 is 10.4 Å². The van der Waals surface area contributed by atoms with Crippen molar-refractivity contribution >= 4 is 53.4 Å². The van der Waals surface area contributed by atoms with Crippen LogP contribution in [0.3, 0.4) is 0 Å². The Kier molecular flexibility index (Phi) is 22.4. The monoisotopic (exact) mass is 526 g/mol. The topological polar surface area (TPSA) is 40.5 Å². The van der Waals surface area contributed by atoms with Crippen LogP contribution in [0.5, 0.6) is 0 Å². The summed E-state index contributed by atoms with van der Waals surface area (Å²) in [6.45, 7) is 27.5. The summed E-state index contributed by atoms with van der Waals surface area (Å²) in [5.41, 5.74) is 0. The van der Waals surface area contributed by atoms with Gasteiger partial charge in [0.25, 0.3) is 0 Å². The van der Waals surface area contributed by atoms with E-state index in [1.54, 1.807) is 0 Å². The Morgan fingerprint density at radius 2 is 0.625 bits per heavy atom. The van der Waals surface area contributed by atoms with Crippen LogP contribution in [-0.4, -0.2) is 52.6 Å². The van der Waals surface area contributed by atoms with Crippen molar-refractivity contribution in [3.63, 3.8) is 0 Å². The van der Waals surface area contributed by atoms with Crippen LogP contribution in [0.4, 0.5) is 0 Å². The van der Waals surface area contributed by atoms with Gasteiger partial charge in [0.1, 0.15) is 0 Å². The second-order valence-corrected chi connectivity index (χ2v) is 29.7. The average Bonchev–Trinajstić information content (AvgIpc) is 2.59. The fourth-order valence-electron chi connectivity index (χ4n) is 1.68. The maximum Gasteiger partial charge on any atom is 0.179 e. The molecule has 0 aliphatic carbocycles. The lowest BCUT2D eigenvalue weighted by Gasteiger charge is -2.09. The minimum Gasteiger partial charge on any atom is -0.433 e. The van der Waals surface area contributed by atoms with E-state index in [4.69, 9.17) is 9.59 Å². The number of rotatable bonds is 2. The van der Waals surface area contributed by atoms with Crippen molar-refractivity contribution in [2.75, 3.05) is 0 Å². The molecule has 2 aromatic carbocycles. The van der Waals surface area contributed by atoms with Gasteiger partial charge in [0.15, 0.2) is 16.6 Å². The number of benzene rings is 2. The fraction of sp³-hybridized carbons (Fsp3) is 0.520. The number of hydrogen-bond donors (Lipinski definition) is 2. The average molecular weight is 527 g/mol. The standard InChI is InChI=1S/C13H14Si.2C3H10OSi.2C3H10Si/c1-14(12-8-4-2-5-9-12)13-10-6-3-7-11-13;2*1-5(2,3)4;2*1-4(2)3/h2-11,14H,1H3;2*4H,1-3H3;2*4H,1-3H3. The highest BCUT2D eigenvalue weighted by Gasteiger charge is 2.08. The van der Waals surface area contributed by atoms with E-state index in [9.17, 15) is 0 Å². The molecule has 0 bridgehead atoms. The molecule has 0 saturated heterocycles. The third-order valence-corrected chi connectivity index (χ3v) is 5.37. The van der Waals surface area contributed by atoms with Gasteiger partial charge in [-0.05, 0) is 39.3 Å². The van der Waals surface area contributed by atoms with E-state index in [1.165, 1.54) is 10.4 Å². The maximum absolute atomic E-state index is 8.66. The molecule has 0 spiro atoms. The first-order valence-corrected chi connectivity index (χ1v) is 28.0. The SMILES string of the molecule is C[SiH](C)C.C[SiH](C)C.C[SiH](c1ccccc1)c1ccccc1.C[Si](C)(C)O.C[Si](C)(C)O. The summed E-state index contributed by atoms with van der Waals surface area (Å²) in [5, 5.41) is 3.03. The second kappa shape index (κ2) is 19.9. The Balaban J connectivity index is -0.000000390. The highest BCUT2D eigenvalue weighted by atomic mass is 28.4. The second-order valence-electron chi connectivity index (χ2n) is 11.3. The molecule has 186 valence electrons. The van der Waals surface area contributed by atoms with Gasteiger partial charge in [-0.1, -0.05) is 117 Å². The van der Waals surface area contributed by atoms with Crippen LogP contribution in [0.25, 0.3) is 0 Å². The van der Waals surface area contributed by atoms with Crippen LogP contribution in [0.2, 0.25) is 85.1 Å². The smallest absolute Gasteiger partial charge is 0.179 e. The summed E-state index contributed by atoms with van der Waals surface area (Å²) in [5.74, 6) is 0. The molecule has 0 aromatic heterocycles. The summed E-state index contributed by atoms with van der Waals surface area (Å²) < 4.78 is 0. The Hall–Kier alpha value is -0.556. The van der Waals surface area contributed by atoms with Crippen molar-refractivity contribution in [1.29, 1.82) is 0 Å². The molecular weight excluding hydrogens is 473 g/mol. The molecule has 0 aliphatic heterocycles. The van der Waals surface area contributed by atoms with Crippen molar-refractivity contribution in [2.24, 2.45) is 0 Å². The first-order chi connectivity index (χ1) is 14.3. The normalized spacial score (nSPS) is 10.6. The molecule has 0 atom stereocenters. The van der Waals surface area contributed by atoms with Gasteiger partial charge in [0.2, 0.25) is 0 Å². The first kappa shape index (κ1) is 36.0. The number of hydrogen-bond acceptors (Lipinski definition) is 2. The van der Waals surface area contributed by atoms with E-state index in [0.29, 0.717) is 0 Å². The van der Waals surface area contributed by atoms with Crippen molar-refractivity contribution in [1.82, 2.24) is 0 Å². The Labute approximate surface area is 208 Å². The van der Waals surface area contributed by atoms with Gasteiger partial charge < -0.3 is 9.59 Å². The lowest BCUT2D eigenvalue weighted by molar-refractivity contribution is 0.559. The van der Waals surface area contributed by atoms with Gasteiger partial charge >= 0.3 is 0 Å². The molecule has 32 heavy (non-hydrogen) atoms. The molecule has 2 N–H and O–H groups in total. The molecule has 2 rings (SSSR count). The summed E-state index contributed by atoms with van der Waals surface area (Å²) in [4.78, 5) is 17.3. The van der Waals surface area contributed by atoms with E-state index in [1.807, 2.05) is 39.3 Å². The lowest BCUT2D eigenvalue weighted by Crippen LogP contribution is -2.38. The molecule has 0 fully saturated rings. The van der Waals surface area contributed by atoms with Crippen LogP contribution in [0, 0.1) is 0 Å². The van der Waals surface area contributed by atoms with E-state index >= 15 is 0 Å². The van der Waals surface area contributed by atoms with Crippen molar-refractivity contribution in [3.8, 4) is 0 Å². The molecular formula is C25H54O2Si5. The molecule has 2 aromatic rings. The molecule has 0 unspecified atom stereocenters. The minimum absolute atomic E-state index is 0.139. The molecule has 0 amide bonds. The summed E-state index contributed by atoms with van der Waals surface area (Å²) in [6, 6.07) is 21.6. The Morgan fingerprint density at radius 3 is 0.781 bits per heavy atom. The Morgan fingerprint density at radius 1 is 0.469 bits per heavy atom. The zero-order valence-electron chi connectivity index (χ0n) is 23.4. The predicted molar refractivity (Wildman–Crippen MR) is 166 cm³/mol. The van der Waals surface area contributed by atoms with Crippen molar-refractivity contribution < 1.29 is 9.59 Å². The van der Waals surface area contributed by atoms with Gasteiger partial charge in [-0.2, -0.15) is 0 Å². The van der Waals surface area contributed by atoms with Gasteiger partial charge in [-0.25, -0.2) is 0 Å². The Bertz CT molecular complexity index is 562. The first-order valence-electron chi connectivity index (χ1n) is 11.9. The molecule has 0 heterocycles. The lowest BCUT2D eigenvalue weighted by atomic mass is 10.4. The van der Waals surface area contributed by atoms with E-state index in [-0.39, 0.29) is 17.6 Å².